The summed E-state index contributed by atoms with van der Waals surface area (Å²) in [5.41, 5.74) is 9.32. The third kappa shape index (κ3) is 4.07. The Morgan fingerprint density at radius 1 is 1.10 bits per heavy atom. The molecule has 0 aromatic heterocycles. The molecule has 0 aliphatic heterocycles. The fraction of sp³-hybridized carbons (Fsp3) is 0.667. The molecular formula is C18H32N2. The molecule has 0 aliphatic carbocycles. The van der Waals surface area contributed by atoms with E-state index >= 15 is 0 Å². The lowest BCUT2D eigenvalue weighted by molar-refractivity contribution is 0.0924. The zero-order valence-corrected chi connectivity index (χ0v) is 14.3. The number of hydrogen-bond donors (Lipinski definition) is 1. The van der Waals surface area contributed by atoms with E-state index in [9.17, 15) is 0 Å². The highest BCUT2D eigenvalue weighted by Crippen LogP contribution is 2.27. The Balaban J connectivity index is 2.82. The van der Waals surface area contributed by atoms with E-state index in [0.717, 1.165) is 6.42 Å². The highest BCUT2D eigenvalue weighted by Gasteiger charge is 2.29. The van der Waals surface area contributed by atoms with Crippen molar-refractivity contribution < 1.29 is 0 Å². The van der Waals surface area contributed by atoms with Gasteiger partial charge in [0, 0.05) is 18.1 Å². The largest absolute Gasteiger partial charge is 0.323 e. The summed E-state index contributed by atoms with van der Waals surface area (Å²) in [5.74, 6) is 0. The Kier molecular flexibility index (Phi) is 5.79. The van der Waals surface area contributed by atoms with Gasteiger partial charge in [-0.15, -0.1) is 0 Å². The standard InChI is InChI=1S/C18H32N2/c1-8-15-9-11-16(12-10-15)17(19)13(2)20(7)14(3)18(4,5)6/h9-14,17H,8,19H2,1-7H3. The third-order valence-electron chi connectivity index (χ3n) is 4.80. The topological polar surface area (TPSA) is 29.3 Å². The predicted octanol–water partition coefficient (Wildman–Crippen LogP) is 4.00. The molecule has 1 aromatic rings. The number of likely N-dealkylation sites (N-methyl/N-ethyl adjacent to an activating group) is 1. The van der Waals surface area contributed by atoms with Crippen molar-refractivity contribution in [2.75, 3.05) is 7.05 Å². The summed E-state index contributed by atoms with van der Waals surface area (Å²) in [6, 6.07) is 9.58. The van der Waals surface area contributed by atoms with Crippen molar-refractivity contribution in [3.8, 4) is 0 Å². The van der Waals surface area contributed by atoms with Crippen LogP contribution < -0.4 is 5.73 Å². The summed E-state index contributed by atoms with van der Waals surface area (Å²) < 4.78 is 0. The van der Waals surface area contributed by atoms with Gasteiger partial charge < -0.3 is 5.73 Å². The van der Waals surface area contributed by atoms with Gasteiger partial charge in [0.2, 0.25) is 0 Å². The van der Waals surface area contributed by atoms with Crippen LogP contribution in [-0.2, 0) is 6.42 Å². The van der Waals surface area contributed by atoms with Gasteiger partial charge in [-0.2, -0.15) is 0 Å². The predicted molar refractivity (Wildman–Crippen MR) is 88.9 cm³/mol. The van der Waals surface area contributed by atoms with Crippen LogP contribution in [0.3, 0.4) is 0 Å². The smallest absolute Gasteiger partial charge is 0.0450 e. The van der Waals surface area contributed by atoms with Gasteiger partial charge in [-0.25, -0.2) is 0 Å². The molecule has 0 aliphatic rings. The van der Waals surface area contributed by atoms with E-state index in [1.165, 1.54) is 11.1 Å². The maximum absolute atomic E-state index is 6.47. The minimum absolute atomic E-state index is 0.0516. The SMILES string of the molecule is CCc1ccc(C(N)C(C)N(C)C(C)C(C)(C)C)cc1. The van der Waals surface area contributed by atoms with Crippen molar-refractivity contribution in [3.63, 3.8) is 0 Å². The number of hydrogen-bond acceptors (Lipinski definition) is 2. The first-order chi connectivity index (χ1) is 9.18. The van der Waals surface area contributed by atoms with Crippen molar-refractivity contribution in [2.45, 2.75) is 66.1 Å². The Morgan fingerprint density at radius 2 is 1.60 bits per heavy atom. The van der Waals surface area contributed by atoms with Crippen molar-refractivity contribution in [3.05, 3.63) is 35.4 Å². The molecule has 3 atom stereocenters. The summed E-state index contributed by atoms with van der Waals surface area (Å²) in [6.45, 7) is 13.5. The van der Waals surface area contributed by atoms with E-state index in [2.05, 4.69) is 77.8 Å². The van der Waals surface area contributed by atoms with Crippen molar-refractivity contribution in [1.29, 1.82) is 0 Å². The van der Waals surface area contributed by atoms with Gasteiger partial charge in [-0.1, -0.05) is 52.0 Å². The van der Waals surface area contributed by atoms with E-state index in [1.807, 2.05) is 0 Å². The zero-order chi connectivity index (χ0) is 15.5. The van der Waals surface area contributed by atoms with Crippen LogP contribution in [0.4, 0.5) is 0 Å². The molecule has 0 radical (unpaired) electrons. The van der Waals surface area contributed by atoms with Crippen LogP contribution in [0.2, 0.25) is 0 Å². The van der Waals surface area contributed by atoms with E-state index in [1.54, 1.807) is 0 Å². The lowest BCUT2D eigenvalue weighted by atomic mass is 9.85. The molecule has 0 bridgehead atoms. The Hall–Kier alpha value is -0.860. The lowest BCUT2D eigenvalue weighted by Gasteiger charge is -2.41. The fourth-order valence-electron chi connectivity index (χ4n) is 2.47. The molecule has 0 saturated carbocycles. The van der Waals surface area contributed by atoms with E-state index in [4.69, 9.17) is 5.73 Å². The van der Waals surface area contributed by atoms with Gasteiger partial charge in [0.1, 0.15) is 0 Å². The summed E-state index contributed by atoms with van der Waals surface area (Å²) in [7, 11) is 2.18. The van der Waals surface area contributed by atoms with Crippen LogP contribution >= 0.6 is 0 Å². The molecule has 2 N–H and O–H groups in total. The average molecular weight is 276 g/mol. The molecule has 0 spiro atoms. The average Bonchev–Trinajstić information content (AvgIpc) is 2.43. The molecule has 1 rings (SSSR count). The summed E-state index contributed by atoms with van der Waals surface area (Å²) in [4.78, 5) is 2.40. The maximum Gasteiger partial charge on any atom is 0.0450 e. The highest BCUT2D eigenvalue weighted by atomic mass is 15.2. The Morgan fingerprint density at radius 3 is 2.00 bits per heavy atom. The number of nitrogens with zero attached hydrogens (tertiary/aromatic N) is 1. The number of aryl methyl sites for hydroxylation is 1. The number of rotatable bonds is 5. The molecule has 114 valence electrons. The minimum Gasteiger partial charge on any atom is -0.323 e. The first kappa shape index (κ1) is 17.2. The monoisotopic (exact) mass is 276 g/mol. The Labute approximate surface area is 125 Å². The van der Waals surface area contributed by atoms with E-state index in [0.29, 0.717) is 12.1 Å². The minimum atomic E-state index is 0.0516. The summed E-state index contributed by atoms with van der Waals surface area (Å²) in [5, 5.41) is 0. The van der Waals surface area contributed by atoms with Gasteiger partial charge >= 0.3 is 0 Å². The molecule has 2 heteroatoms. The third-order valence-corrected chi connectivity index (χ3v) is 4.80. The molecule has 0 heterocycles. The molecule has 20 heavy (non-hydrogen) atoms. The van der Waals surface area contributed by atoms with Crippen LogP contribution in [0.25, 0.3) is 0 Å². The molecule has 0 fully saturated rings. The molecule has 0 amide bonds. The van der Waals surface area contributed by atoms with Gasteiger partial charge in [0.05, 0.1) is 0 Å². The first-order valence-electron chi connectivity index (χ1n) is 7.74. The fourth-order valence-corrected chi connectivity index (χ4v) is 2.47. The van der Waals surface area contributed by atoms with Crippen LogP contribution in [0.15, 0.2) is 24.3 Å². The number of nitrogens with two attached hydrogens (primary N) is 1. The summed E-state index contributed by atoms with van der Waals surface area (Å²) >= 11 is 0. The maximum atomic E-state index is 6.47. The Bertz CT molecular complexity index is 402. The van der Waals surface area contributed by atoms with Crippen molar-refractivity contribution >= 4 is 0 Å². The van der Waals surface area contributed by atoms with Gasteiger partial charge in [-0.05, 0) is 43.9 Å². The van der Waals surface area contributed by atoms with E-state index in [-0.39, 0.29) is 11.5 Å². The van der Waals surface area contributed by atoms with Gasteiger partial charge in [-0.3, -0.25) is 4.90 Å². The van der Waals surface area contributed by atoms with Crippen LogP contribution in [-0.4, -0.2) is 24.0 Å². The lowest BCUT2D eigenvalue weighted by Crippen LogP contribution is -2.48. The second-order valence-electron chi connectivity index (χ2n) is 7.07. The molecule has 3 unspecified atom stereocenters. The quantitative estimate of drug-likeness (QED) is 0.880. The molecule has 1 aromatic carbocycles. The zero-order valence-electron chi connectivity index (χ0n) is 14.3. The van der Waals surface area contributed by atoms with Crippen LogP contribution in [0.5, 0.6) is 0 Å². The van der Waals surface area contributed by atoms with Gasteiger partial charge in [0.15, 0.2) is 0 Å². The highest BCUT2D eigenvalue weighted by molar-refractivity contribution is 5.25. The molecule has 2 nitrogen and oxygen atoms in total. The van der Waals surface area contributed by atoms with Gasteiger partial charge in [0.25, 0.3) is 0 Å². The molecular weight excluding hydrogens is 244 g/mol. The van der Waals surface area contributed by atoms with Crippen molar-refractivity contribution in [1.82, 2.24) is 4.90 Å². The van der Waals surface area contributed by atoms with E-state index < -0.39 is 0 Å². The van der Waals surface area contributed by atoms with Crippen LogP contribution in [0, 0.1) is 5.41 Å². The first-order valence-corrected chi connectivity index (χ1v) is 7.74. The number of benzene rings is 1. The second kappa shape index (κ2) is 6.73. The van der Waals surface area contributed by atoms with Crippen LogP contribution in [0.1, 0.15) is 58.7 Å². The normalized spacial score (nSPS) is 17.1. The van der Waals surface area contributed by atoms with Crippen molar-refractivity contribution in [2.24, 2.45) is 11.1 Å². The molecule has 0 saturated heterocycles. The second-order valence-corrected chi connectivity index (χ2v) is 7.07. The summed E-state index contributed by atoms with van der Waals surface area (Å²) in [6.07, 6.45) is 1.08.